The van der Waals surface area contributed by atoms with E-state index in [1.54, 1.807) is 0 Å². The van der Waals surface area contributed by atoms with Gasteiger partial charge in [-0.15, -0.1) is 11.3 Å². The predicted molar refractivity (Wildman–Crippen MR) is 76.5 cm³/mol. The zero-order valence-corrected chi connectivity index (χ0v) is 11.7. The molecule has 1 amide bonds. The van der Waals surface area contributed by atoms with Crippen molar-refractivity contribution in [2.75, 3.05) is 5.32 Å². The molecule has 0 aliphatic carbocycles. The normalized spacial score (nSPS) is 10.3. The lowest BCUT2D eigenvalue weighted by molar-refractivity contribution is 0.103. The molecule has 2 aromatic rings. The summed E-state index contributed by atoms with van der Waals surface area (Å²) in [4.78, 5) is 12.6. The van der Waals surface area contributed by atoms with Gasteiger partial charge >= 0.3 is 0 Å². The van der Waals surface area contributed by atoms with Gasteiger partial charge in [-0.05, 0) is 17.9 Å². The van der Waals surface area contributed by atoms with E-state index in [-0.39, 0.29) is 10.9 Å². The van der Waals surface area contributed by atoms with Crippen molar-refractivity contribution in [2.45, 2.75) is 6.92 Å². The molecule has 0 spiro atoms. The summed E-state index contributed by atoms with van der Waals surface area (Å²) in [5, 5.41) is 11.3. The molecule has 4 N–H and O–H groups in total. The highest BCUT2D eigenvalue weighted by molar-refractivity contribution is 7.80. The fraction of sp³-hybridized carbons (Fsp3) is 0.100. The van der Waals surface area contributed by atoms with Crippen LogP contribution in [-0.2, 0) is 0 Å². The Morgan fingerprint density at radius 1 is 1.67 bits per heavy atom. The maximum atomic E-state index is 12.0. The third-order valence-electron chi connectivity index (χ3n) is 2.25. The summed E-state index contributed by atoms with van der Waals surface area (Å²) in [6.45, 7) is 1.84. The highest BCUT2D eigenvalue weighted by atomic mass is 35.5. The first-order valence-electron chi connectivity index (χ1n) is 4.88. The molecule has 0 fully saturated rings. The lowest BCUT2D eigenvalue weighted by atomic mass is 10.3. The maximum Gasteiger partial charge on any atom is 0.268 e. The number of hydrogen-bond donors (Lipinski definition) is 3. The Balaban J connectivity index is 2.24. The summed E-state index contributed by atoms with van der Waals surface area (Å²) in [5.74, 6) is 0.0504. The summed E-state index contributed by atoms with van der Waals surface area (Å²) in [7, 11) is 0. The molecular formula is C10H9ClN4OS2. The predicted octanol–water partition coefficient (Wildman–Crippen LogP) is 2.32. The van der Waals surface area contributed by atoms with E-state index in [4.69, 9.17) is 29.6 Å². The lowest BCUT2D eigenvalue weighted by Crippen LogP contribution is -2.16. The number of aromatic amines is 1. The molecule has 0 saturated carbocycles. The van der Waals surface area contributed by atoms with Crippen LogP contribution in [0.4, 0.5) is 5.82 Å². The van der Waals surface area contributed by atoms with Crippen LogP contribution in [0.1, 0.15) is 20.8 Å². The Bertz CT molecular complexity index is 619. The van der Waals surface area contributed by atoms with Crippen LogP contribution in [0.15, 0.2) is 11.6 Å². The van der Waals surface area contributed by atoms with Crippen LogP contribution >= 0.6 is 35.2 Å². The maximum absolute atomic E-state index is 12.0. The van der Waals surface area contributed by atoms with E-state index in [0.29, 0.717) is 21.3 Å². The number of nitrogens with one attached hydrogen (secondary N) is 2. The Morgan fingerprint density at radius 3 is 2.94 bits per heavy atom. The molecule has 2 rings (SSSR count). The van der Waals surface area contributed by atoms with Crippen molar-refractivity contribution < 1.29 is 4.79 Å². The Labute approximate surface area is 117 Å². The van der Waals surface area contributed by atoms with Crippen molar-refractivity contribution in [1.29, 1.82) is 0 Å². The van der Waals surface area contributed by atoms with Crippen molar-refractivity contribution in [3.8, 4) is 0 Å². The molecule has 18 heavy (non-hydrogen) atoms. The van der Waals surface area contributed by atoms with Gasteiger partial charge in [-0.3, -0.25) is 9.89 Å². The second-order valence-corrected chi connectivity index (χ2v) is 5.24. The molecule has 2 aromatic heterocycles. The smallest absolute Gasteiger partial charge is 0.268 e. The van der Waals surface area contributed by atoms with Crippen LogP contribution in [0.25, 0.3) is 0 Å². The first-order chi connectivity index (χ1) is 8.50. The standard InChI is InChI=1S/C10H9ClN4OS2/c1-4-3-18-7(6(4)11)10(16)14-9-5(8(12)17)2-13-15-9/h2-3H,1H3,(H2,12,17)(H2,13,14,15,16). The van der Waals surface area contributed by atoms with Crippen molar-refractivity contribution >= 4 is 51.9 Å². The second-order valence-electron chi connectivity index (χ2n) is 3.54. The van der Waals surface area contributed by atoms with Crippen molar-refractivity contribution in [1.82, 2.24) is 10.2 Å². The van der Waals surface area contributed by atoms with Gasteiger partial charge in [0.2, 0.25) is 0 Å². The number of nitrogens with two attached hydrogens (primary N) is 1. The molecule has 5 nitrogen and oxygen atoms in total. The van der Waals surface area contributed by atoms with Crippen LogP contribution in [-0.4, -0.2) is 21.1 Å². The molecule has 0 saturated heterocycles. The highest BCUT2D eigenvalue weighted by Crippen LogP contribution is 2.28. The first-order valence-corrected chi connectivity index (χ1v) is 6.55. The second kappa shape index (κ2) is 5.05. The van der Waals surface area contributed by atoms with Crippen LogP contribution in [0.3, 0.4) is 0 Å². The molecule has 0 aliphatic heterocycles. The number of thiocarbonyl (C=S) groups is 1. The summed E-state index contributed by atoms with van der Waals surface area (Å²) >= 11 is 12.1. The number of H-pyrrole nitrogens is 1. The molecule has 0 atom stereocenters. The number of amides is 1. The number of thiophene rings is 1. The summed E-state index contributed by atoms with van der Waals surface area (Å²) < 4.78 is 0. The summed E-state index contributed by atoms with van der Waals surface area (Å²) in [5.41, 5.74) is 6.86. The van der Waals surface area contributed by atoms with Gasteiger partial charge in [-0.25, -0.2) is 0 Å². The SMILES string of the molecule is Cc1csc(C(=O)Nc2[nH]ncc2C(N)=S)c1Cl. The fourth-order valence-electron chi connectivity index (χ4n) is 1.32. The number of hydrogen-bond acceptors (Lipinski definition) is 4. The molecule has 0 unspecified atom stereocenters. The van der Waals surface area contributed by atoms with E-state index in [2.05, 4.69) is 15.5 Å². The topological polar surface area (TPSA) is 83.8 Å². The quantitative estimate of drug-likeness (QED) is 0.760. The van der Waals surface area contributed by atoms with E-state index in [9.17, 15) is 4.79 Å². The van der Waals surface area contributed by atoms with Gasteiger partial charge in [0.1, 0.15) is 15.7 Å². The highest BCUT2D eigenvalue weighted by Gasteiger charge is 2.17. The number of aryl methyl sites for hydroxylation is 1. The van der Waals surface area contributed by atoms with Gasteiger partial charge in [0.15, 0.2) is 0 Å². The van der Waals surface area contributed by atoms with Gasteiger partial charge in [0.25, 0.3) is 5.91 Å². The zero-order valence-electron chi connectivity index (χ0n) is 9.28. The average molecular weight is 301 g/mol. The average Bonchev–Trinajstić information content (AvgIpc) is 2.88. The molecule has 8 heteroatoms. The number of nitrogens with zero attached hydrogens (tertiary/aromatic N) is 1. The van der Waals surface area contributed by atoms with Crippen LogP contribution in [0.5, 0.6) is 0 Å². The summed E-state index contributed by atoms with van der Waals surface area (Å²) in [6, 6.07) is 0. The fourth-order valence-corrected chi connectivity index (χ4v) is 2.65. The van der Waals surface area contributed by atoms with Crippen molar-refractivity contribution in [3.63, 3.8) is 0 Å². The number of carbonyl (C=O) groups is 1. The van der Waals surface area contributed by atoms with E-state index < -0.39 is 0 Å². The van der Waals surface area contributed by atoms with E-state index in [0.717, 1.165) is 5.56 Å². The van der Waals surface area contributed by atoms with Gasteiger partial charge in [0, 0.05) is 0 Å². The number of halogens is 1. The Morgan fingerprint density at radius 2 is 2.39 bits per heavy atom. The van der Waals surface area contributed by atoms with E-state index in [1.165, 1.54) is 17.5 Å². The Kier molecular flexibility index (Phi) is 3.65. The molecule has 2 heterocycles. The first kappa shape index (κ1) is 13.0. The molecule has 0 aromatic carbocycles. The zero-order chi connectivity index (χ0) is 13.3. The molecule has 0 bridgehead atoms. The molecule has 0 aliphatic rings. The number of rotatable bonds is 3. The van der Waals surface area contributed by atoms with Crippen molar-refractivity contribution in [3.05, 3.63) is 32.6 Å². The minimum Gasteiger partial charge on any atom is -0.389 e. The largest absolute Gasteiger partial charge is 0.389 e. The van der Waals surface area contributed by atoms with Crippen LogP contribution < -0.4 is 11.1 Å². The number of anilines is 1. The van der Waals surface area contributed by atoms with Gasteiger partial charge in [-0.2, -0.15) is 5.10 Å². The lowest BCUT2D eigenvalue weighted by Gasteiger charge is -2.03. The van der Waals surface area contributed by atoms with E-state index >= 15 is 0 Å². The third kappa shape index (κ3) is 2.38. The minimum atomic E-state index is -0.320. The summed E-state index contributed by atoms with van der Waals surface area (Å²) in [6.07, 6.45) is 1.46. The van der Waals surface area contributed by atoms with Crippen LogP contribution in [0, 0.1) is 6.92 Å². The monoisotopic (exact) mass is 300 g/mol. The molecule has 0 radical (unpaired) electrons. The van der Waals surface area contributed by atoms with Crippen LogP contribution in [0.2, 0.25) is 5.02 Å². The molecule has 94 valence electrons. The van der Waals surface area contributed by atoms with Crippen molar-refractivity contribution in [2.24, 2.45) is 5.73 Å². The van der Waals surface area contributed by atoms with Gasteiger partial charge in [-0.1, -0.05) is 23.8 Å². The Hall–Kier alpha value is -1.44. The van der Waals surface area contributed by atoms with Gasteiger partial charge in [0.05, 0.1) is 16.8 Å². The third-order valence-corrected chi connectivity index (χ3v) is 4.16. The molecular weight excluding hydrogens is 292 g/mol. The van der Waals surface area contributed by atoms with E-state index in [1.807, 2.05) is 12.3 Å². The number of carbonyl (C=O) groups excluding carboxylic acids is 1. The minimum absolute atomic E-state index is 0.160. The van der Waals surface area contributed by atoms with Gasteiger partial charge < -0.3 is 11.1 Å². The number of aromatic nitrogens is 2.